The first-order chi connectivity index (χ1) is 10.7. The molecule has 0 bridgehead atoms. The van der Waals surface area contributed by atoms with Crippen molar-refractivity contribution in [3.05, 3.63) is 53.4 Å². The van der Waals surface area contributed by atoms with Crippen molar-refractivity contribution < 1.29 is 9.32 Å². The third-order valence-corrected chi connectivity index (χ3v) is 3.62. The zero-order valence-electron chi connectivity index (χ0n) is 13.1. The Labute approximate surface area is 131 Å². The monoisotopic (exact) mass is 301 g/mol. The average Bonchev–Trinajstić information content (AvgIpc) is 3.02. The number of hydrogen-bond acceptors (Lipinski definition) is 3. The molecule has 0 unspecified atom stereocenters. The number of carbonyl (C=O) groups excluding carboxylic acids is 1. The fourth-order valence-electron chi connectivity index (χ4n) is 2.19. The Kier molecular flexibility index (Phi) is 6.01. The minimum atomic E-state index is -0.185. The molecule has 2 aromatic rings. The summed E-state index contributed by atoms with van der Waals surface area (Å²) in [5.74, 6) is 1.09. The number of nitrogens with zero attached hydrogens (tertiary/aromatic N) is 1. The molecular weight excluding hydrogens is 278 g/mol. The van der Waals surface area contributed by atoms with Gasteiger partial charge in [-0.15, -0.1) is 0 Å². The molecule has 5 nitrogen and oxygen atoms in total. The molecule has 22 heavy (non-hydrogen) atoms. The normalized spacial score (nSPS) is 11.9. The number of urea groups is 1. The van der Waals surface area contributed by atoms with Gasteiger partial charge in [-0.1, -0.05) is 49.3 Å². The molecule has 1 atom stereocenters. The van der Waals surface area contributed by atoms with E-state index in [4.69, 9.17) is 4.52 Å². The Bertz CT molecular complexity index is 581. The number of carbonyl (C=O) groups is 1. The molecule has 118 valence electrons. The lowest BCUT2D eigenvalue weighted by Gasteiger charge is -2.12. The zero-order valence-corrected chi connectivity index (χ0v) is 13.1. The lowest BCUT2D eigenvalue weighted by molar-refractivity contribution is 0.238. The summed E-state index contributed by atoms with van der Waals surface area (Å²) in [6.07, 6.45) is 1.73. The van der Waals surface area contributed by atoms with Crippen LogP contribution in [0.5, 0.6) is 0 Å². The highest BCUT2D eigenvalue weighted by Gasteiger charge is 2.07. The second-order valence-corrected chi connectivity index (χ2v) is 5.35. The molecule has 2 rings (SSSR count). The minimum absolute atomic E-state index is 0.185. The first-order valence-corrected chi connectivity index (χ1v) is 7.70. The fourth-order valence-corrected chi connectivity index (χ4v) is 2.19. The molecule has 0 saturated carbocycles. The maximum Gasteiger partial charge on any atom is 0.315 e. The lowest BCUT2D eigenvalue weighted by Crippen LogP contribution is -2.35. The van der Waals surface area contributed by atoms with E-state index in [2.05, 4.69) is 34.8 Å². The van der Waals surface area contributed by atoms with Gasteiger partial charge in [0.1, 0.15) is 0 Å². The summed E-state index contributed by atoms with van der Waals surface area (Å²) in [4.78, 5) is 11.7. The number of benzene rings is 1. The van der Waals surface area contributed by atoms with Gasteiger partial charge in [-0.3, -0.25) is 0 Å². The van der Waals surface area contributed by atoms with Crippen molar-refractivity contribution in [1.82, 2.24) is 15.8 Å². The third-order valence-electron chi connectivity index (χ3n) is 3.62. The number of aryl methyl sites for hydroxylation is 1. The maximum atomic E-state index is 11.7. The van der Waals surface area contributed by atoms with Crippen LogP contribution in [0.1, 0.15) is 43.2 Å². The molecule has 0 aliphatic carbocycles. The molecule has 0 fully saturated rings. The van der Waals surface area contributed by atoms with E-state index in [0.29, 0.717) is 24.8 Å². The van der Waals surface area contributed by atoms with E-state index in [1.54, 1.807) is 0 Å². The summed E-state index contributed by atoms with van der Waals surface area (Å²) in [6.45, 7) is 5.16. The summed E-state index contributed by atoms with van der Waals surface area (Å²) >= 11 is 0. The van der Waals surface area contributed by atoms with E-state index in [9.17, 15) is 4.79 Å². The quantitative estimate of drug-likeness (QED) is 0.825. The van der Waals surface area contributed by atoms with Gasteiger partial charge in [0.2, 0.25) is 0 Å². The summed E-state index contributed by atoms with van der Waals surface area (Å²) < 4.78 is 5.11. The molecule has 5 heteroatoms. The van der Waals surface area contributed by atoms with E-state index < -0.39 is 0 Å². The van der Waals surface area contributed by atoms with Crippen LogP contribution in [0, 0.1) is 0 Å². The first kappa shape index (κ1) is 16.1. The molecule has 1 aromatic carbocycles. The second kappa shape index (κ2) is 8.22. The lowest BCUT2D eigenvalue weighted by atomic mass is 9.98. The second-order valence-electron chi connectivity index (χ2n) is 5.35. The van der Waals surface area contributed by atoms with Crippen LogP contribution in [0.3, 0.4) is 0 Å². The number of aromatic nitrogens is 1. The van der Waals surface area contributed by atoms with Crippen LogP contribution in [0.4, 0.5) is 4.79 Å². The smallest absolute Gasteiger partial charge is 0.315 e. The van der Waals surface area contributed by atoms with Gasteiger partial charge < -0.3 is 15.2 Å². The van der Waals surface area contributed by atoms with Gasteiger partial charge in [0, 0.05) is 12.6 Å². The largest absolute Gasteiger partial charge is 0.359 e. The standard InChI is InChI=1S/C17H23N3O2/c1-3-15-11-16(22-20-15)12-19-17(21)18-10-9-13(2)14-7-5-4-6-8-14/h4-8,11,13H,3,9-10,12H2,1-2H3,(H2,18,19,21)/t13-/m0/s1. The molecule has 1 aromatic heterocycles. The number of nitrogens with one attached hydrogen (secondary N) is 2. The highest BCUT2D eigenvalue weighted by Crippen LogP contribution is 2.17. The Morgan fingerprint density at radius 3 is 2.73 bits per heavy atom. The zero-order chi connectivity index (χ0) is 15.8. The van der Waals surface area contributed by atoms with Gasteiger partial charge in [0.15, 0.2) is 5.76 Å². The molecule has 0 radical (unpaired) electrons. The SMILES string of the molecule is CCc1cc(CNC(=O)NCC[C@H](C)c2ccccc2)on1. The average molecular weight is 301 g/mol. The van der Waals surface area contributed by atoms with Gasteiger partial charge in [0.25, 0.3) is 0 Å². The van der Waals surface area contributed by atoms with Crippen molar-refractivity contribution in [2.45, 2.75) is 39.2 Å². The predicted octanol–water partition coefficient (Wildman–Crippen LogP) is 3.23. The number of rotatable bonds is 7. The highest BCUT2D eigenvalue weighted by atomic mass is 16.5. The minimum Gasteiger partial charge on any atom is -0.359 e. The van der Waals surface area contributed by atoms with E-state index in [1.165, 1.54) is 5.56 Å². The van der Waals surface area contributed by atoms with Crippen molar-refractivity contribution in [3.63, 3.8) is 0 Å². The third kappa shape index (κ3) is 4.91. The van der Waals surface area contributed by atoms with Gasteiger partial charge in [-0.2, -0.15) is 0 Å². The summed E-state index contributed by atoms with van der Waals surface area (Å²) in [7, 11) is 0. The predicted molar refractivity (Wildman–Crippen MR) is 85.6 cm³/mol. The summed E-state index contributed by atoms with van der Waals surface area (Å²) in [5.41, 5.74) is 2.19. The van der Waals surface area contributed by atoms with Crippen LogP contribution < -0.4 is 10.6 Å². The van der Waals surface area contributed by atoms with Crippen LogP contribution >= 0.6 is 0 Å². The van der Waals surface area contributed by atoms with E-state index >= 15 is 0 Å². The van der Waals surface area contributed by atoms with Crippen molar-refractivity contribution in [2.24, 2.45) is 0 Å². The van der Waals surface area contributed by atoms with Crippen molar-refractivity contribution in [3.8, 4) is 0 Å². The first-order valence-electron chi connectivity index (χ1n) is 7.70. The van der Waals surface area contributed by atoms with Gasteiger partial charge in [-0.05, 0) is 24.3 Å². The molecular formula is C17H23N3O2. The fraction of sp³-hybridized carbons (Fsp3) is 0.412. The van der Waals surface area contributed by atoms with E-state index in [-0.39, 0.29) is 6.03 Å². The highest BCUT2D eigenvalue weighted by molar-refractivity contribution is 5.73. The van der Waals surface area contributed by atoms with Crippen molar-refractivity contribution >= 4 is 6.03 Å². The van der Waals surface area contributed by atoms with Crippen LogP contribution in [-0.4, -0.2) is 17.7 Å². The summed E-state index contributed by atoms with van der Waals surface area (Å²) in [6, 6.07) is 12.0. The topological polar surface area (TPSA) is 67.2 Å². The maximum absolute atomic E-state index is 11.7. The Morgan fingerprint density at radius 2 is 2.05 bits per heavy atom. The van der Waals surface area contributed by atoms with Crippen LogP contribution in [-0.2, 0) is 13.0 Å². The molecule has 0 saturated heterocycles. The molecule has 0 spiro atoms. The van der Waals surface area contributed by atoms with Crippen LogP contribution in [0.2, 0.25) is 0 Å². The van der Waals surface area contributed by atoms with Crippen LogP contribution in [0.15, 0.2) is 40.9 Å². The molecule has 1 heterocycles. The molecule has 2 N–H and O–H groups in total. The molecule has 0 aliphatic heterocycles. The Morgan fingerprint density at radius 1 is 1.27 bits per heavy atom. The summed E-state index contributed by atoms with van der Waals surface area (Å²) in [5, 5.41) is 9.51. The Balaban J connectivity index is 1.65. The van der Waals surface area contributed by atoms with Crippen molar-refractivity contribution in [1.29, 1.82) is 0 Å². The van der Waals surface area contributed by atoms with E-state index in [0.717, 1.165) is 18.5 Å². The van der Waals surface area contributed by atoms with Crippen LogP contribution in [0.25, 0.3) is 0 Å². The van der Waals surface area contributed by atoms with Crippen molar-refractivity contribution in [2.75, 3.05) is 6.54 Å². The van der Waals surface area contributed by atoms with Gasteiger partial charge in [0.05, 0.1) is 12.2 Å². The number of amides is 2. The molecule has 0 aliphatic rings. The van der Waals surface area contributed by atoms with Gasteiger partial charge in [-0.25, -0.2) is 4.79 Å². The number of hydrogen-bond donors (Lipinski definition) is 2. The van der Waals surface area contributed by atoms with E-state index in [1.807, 2.05) is 31.2 Å². The van der Waals surface area contributed by atoms with Gasteiger partial charge >= 0.3 is 6.03 Å². The molecule has 2 amide bonds. The Hall–Kier alpha value is -2.30.